The van der Waals surface area contributed by atoms with Gasteiger partial charge in [0, 0.05) is 31.7 Å². The monoisotopic (exact) mass is 292 g/mol. The summed E-state index contributed by atoms with van der Waals surface area (Å²) in [6, 6.07) is 0. The van der Waals surface area contributed by atoms with E-state index in [0.717, 1.165) is 62.6 Å². The number of anilines is 1. The van der Waals surface area contributed by atoms with Gasteiger partial charge in [-0.05, 0) is 33.1 Å². The largest absolute Gasteiger partial charge is 0.472 e. The highest BCUT2D eigenvalue weighted by Gasteiger charge is 2.25. The second-order valence-electron chi connectivity index (χ2n) is 5.91. The predicted octanol–water partition coefficient (Wildman–Crippen LogP) is 0.523. The number of rotatable bonds is 4. The summed E-state index contributed by atoms with van der Waals surface area (Å²) >= 11 is 0. The molecule has 0 radical (unpaired) electrons. The number of aromatic nitrogens is 2. The zero-order chi connectivity index (χ0) is 14.8. The normalized spacial score (nSPS) is 21.0. The number of ether oxygens (including phenoxy) is 1. The van der Waals surface area contributed by atoms with E-state index in [0.29, 0.717) is 5.88 Å². The lowest BCUT2D eigenvalue weighted by Crippen LogP contribution is -2.44. The number of hydrogen-bond donors (Lipinski definition) is 2. The molecule has 0 saturated carbocycles. The molecule has 0 aromatic carbocycles. The summed E-state index contributed by atoms with van der Waals surface area (Å²) in [5.41, 5.74) is 2.24. The van der Waals surface area contributed by atoms with Crippen LogP contribution in [0, 0.1) is 0 Å². The maximum atomic E-state index is 9.66. The minimum absolute atomic E-state index is 0.263. The molecule has 1 fully saturated rings. The van der Waals surface area contributed by atoms with Crippen molar-refractivity contribution in [2.75, 3.05) is 31.1 Å². The van der Waals surface area contributed by atoms with Crippen LogP contribution in [0.5, 0.6) is 5.88 Å². The fraction of sp³-hybridized carbons (Fsp3) is 0.733. The van der Waals surface area contributed by atoms with Crippen LogP contribution in [0.2, 0.25) is 0 Å². The van der Waals surface area contributed by atoms with Crippen molar-refractivity contribution in [1.82, 2.24) is 15.3 Å². The second-order valence-corrected chi connectivity index (χ2v) is 5.91. The van der Waals surface area contributed by atoms with Crippen molar-refractivity contribution in [2.24, 2.45) is 0 Å². The molecule has 3 rings (SSSR count). The highest BCUT2D eigenvalue weighted by Crippen LogP contribution is 2.31. The maximum Gasteiger partial charge on any atom is 0.228 e. The van der Waals surface area contributed by atoms with Crippen molar-refractivity contribution in [1.29, 1.82) is 0 Å². The Balaban J connectivity index is 1.88. The molecule has 2 unspecified atom stereocenters. The molecule has 2 heterocycles. The molecule has 6 heteroatoms. The lowest BCUT2D eigenvalue weighted by Gasteiger charge is -2.28. The van der Waals surface area contributed by atoms with E-state index in [1.165, 1.54) is 0 Å². The maximum absolute atomic E-state index is 9.66. The molecule has 0 spiro atoms. The van der Waals surface area contributed by atoms with E-state index in [4.69, 9.17) is 9.72 Å². The number of piperazine rings is 1. The van der Waals surface area contributed by atoms with Crippen molar-refractivity contribution in [2.45, 2.75) is 45.3 Å². The van der Waals surface area contributed by atoms with Gasteiger partial charge in [-0.15, -0.1) is 0 Å². The molecule has 1 saturated heterocycles. The van der Waals surface area contributed by atoms with Crippen molar-refractivity contribution in [3.05, 3.63) is 11.3 Å². The van der Waals surface area contributed by atoms with Crippen LogP contribution in [0.15, 0.2) is 0 Å². The third-order valence-corrected chi connectivity index (χ3v) is 4.26. The van der Waals surface area contributed by atoms with Gasteiger partial charge >= 0.3 is 0 Å². The number of aliphatic hydroxyl groups is 1. The average molecular weight is 292 g/mol. The Labute approximate surface area is 125 Å². The SMILES string of the molecule is CC(O)C(C)Oc1nc(N2CCNCC2)nc2c1CCC2. The molecular weight excluding hydrogens is 268 g/mol. The fourth-order valence-electron chi connectivity index (χ4n) is 2.76. The molecule has 1 aliphatic carbocycles. The summed E-state index contributed by atoms with van der Waals surface area (Å²) in [6.45, 7) is 7.37. The summed E-state index contributed by atoms with van der Waals surface area (Å²) in [5.74, 6) is 1.43. The first-order valence-corrected chi connectivity index (χ1v) is 7.85. The topological polar surface area (TPSA) is 70.5 Å². The third kappa shape index (κ3) is 3.11. The molecule has 116 valence electrons. The molecule has 21 heavy (non-hydrogen) atoms. The van der Waals surface area contributed by atoms with Crippen molar-refractivity contribution < 1.29 is 9.84 Å². The molecule has 2 aliphatic rings. The Morgan fingerprint density at radius 2 is 1.95 bits per heavy atom. The van der Waals surface area contributed by atoms with Gasteiger partial charge in [-0.3, -0.25) is 0 Å². The number of aliphatic hydroxyl groups excluding tert-OH is 1. The zero-order valence-electron chi connectivity index (χ0n) is 12.8. The van der Waals surface area contributed by atoms with Gasteiger partial charge in [0.15, 0.2) is 0 Å². The lowest BCUT2D eigenvalue weighted by atomic mass is 10.2. The van der Waals surface area contributed by atoms with E-state index in [1.54, 1.807) is 6.92 Å². The van der Waals surface area contributed by atoms with Gasteiger partial charge in [0.1, 0.15) is 6.10 Å². The molecular formula is C15H24N4O2. The van der Waals surface area contributed by atoms with E-state index >= 15 is 0 Å². The first-order valence-electron chi connectivity index (χ1n) is 7.85. The van der Waals surface area contributed by atoms with Crippen LogP contribution in [0.1, 0.15) is 31.5 Å². The van der Waals surface area contributed by atoms with Crippen molar-refractivity contribution in [3.63, 3.8) is 0 Å². The number of aryl methyl sites for hydroxylation is 1. The molecule has 2 atom stereocenters. The molecule has 1 aromatic heterocycles. The number of hydrogen-bond acceptors (Lipinski definition) is 6. The predicted molar refractivity (Wildman–Crippen MR) is 80.9 cm³/mol. The van der Waals surface area contributed by atoms with Crippen LogP contribution < -0.4 is 15.0 Å². The first-order chi connectivity index (χ1) is 10.1. The molecule has 1 aliphatic heterocycles. The summed E-state index contributed by atoms with van der Waals surface area (Å²) < 4.78 is 5.91. The minimum atomic E-state index is -0.514. The average Bonchev–Trinajstić information content (AvgIpc) is 2.96. The Bertz CT molecular complexity index is 501. The summed E-state index contributed by atoms with van der Waals surface area (Å²) in [7, 11) is 0. The van der Waals surface area contributed by atoms with E-state index < -0.39 is 6.10 Å². The standard InChI is InChI=1S/C15H24N4O2/c1-10(20)11(2)21-14-12-4-3-5-13(12)17-15(18-14)19-8-6-16-7-9-19/h10-11,16,20H,3-9H2,1-2H3. The van der Waals surface area contributed by atoms with Gasteiger partial charge in [0.05, 0.1) is 11.8 Å². The second kappa shape index (κ2) is 6.15. The molecule has 1 aromatic rings. The molecule has 0 bridgehead atoms. The number of fused-ring (bicyclic) bond motifs is 1. The van der Waals surface area contributed by atoms with Gasteiger partial charge in [-0.1, -0.05) is 0 Å². The Morgan fingerprint density at radius 3 is 2.67 bits per heavy atom. The molecule has 6 nitrogen and oxygen atoms in total. The Hall–Kier alpha value is -1.40. The van der Waals surface area contributed by atoms with Crippen LogP contribution in [0.4, 0.5) is 5.95 Å². The number of nitrogens with zero attached hydrogens (tertiary/aromatic N) is 3. The van der Waals surface area contributed by atoms with Crippen LogP contribution in [0.3, 0.4) is 0 Å². The Kier molecular flexibility index (Phi) is 4.26. The highest BCUT2D eigenvalue weighted by molar-refractivity contribution is 5.43. The van der Waals surface area contributed by atoms with Crippen molar-refractivity contribution >= 4 is 5.95 Å². The van der Waals surface area contributed by atoms with Crippen LogP contribution >= 0.6 is 0 Å². The van der Waals surface area contributed by atoms with Gasteiger partial charge in [-0.2, -0.15) is 4.98 Å². The van der Waals surface area contributed by atoms with Crippen LogP contribution in [0.25, 0.3) is 0 Å². The van der Waals surface area contributed by atoms with Gasteiger partial charge in [-0.25, -0.2) is 4.98 Å². The van der Waals surface area contributed by atoms with E-state index in [-0.39, 0.29) is 6.10 Å². The van der Waals surface area contributed by atoms with Crippen molar-refractivity contribution in [3.8, 4) is 5.88 Å². The summed E-state index contributed by atoms with van der Waals surface area (Å²) in [6.07, 6.45) is 2.30. The van der Waals surface area contributed by atoms with E-state index in [1.807, 2.05) is 6.92 Å². The smallest absolute Gasteiger partial charge is 0.228 e. The highest BCUT2D eigenvalue weighted by atomic mass is 16.5. The lowest BCUT2D eigenvalue weighted by molar-refractivity contribution is 0.0568. The van der Waals surface area contributed by atoms with Crippen LogP contribution in [-0.2, 0) is 12.8 Å². The summed E-state index contributed by atoms with van der Waals surface area (Å²) in [4.78, 5) is 11.6. The quantitative estimate of drug-likeness (QED) is 0.843. The van der Waals surface area contributed by atoms with E-state index in [2.05, 4.69) is 15.2 Å². The first kappa shape index (κ1) is 14.5. The molecule has 0 amide bonds. The minimum Gasteiger partial charge on any atom is -0.472 e. The van der Waals surface area contributed by atoms with Crippen LogP contribution in [-0.4, -0.2) is 53.5 Å². The van der Waals surface area contributed by atoms with Gasteiger partial charge < -0.3 is 20.1 Å². The number of nitrogens with one attached hydrogen (secondary N) is 1. The third-order valence-electron chi connectivity index (χ3n) is 4.26. The van der Waals surface area contributed by atoms with Gasteiger partial charge in [0.25, 0.3) is 0 Å². The fourth-order valence-corrected chi connectivity index (χ4v) is 2.76. The summed E-state index contributed by atoms with van der Waals surface area (Å²) in [5, 5.41) is 13.0. The van der Waals surface area contributed by atoms with E-state index in [9.17, 15) is 5.11 Å². The van der Waals surface area contributed by atoms with Gasteiger partial charge in [0.2, 0.25) is 11.8 Å². The Morgan fingerprint density at radius 1 is 1.19 bits per heavy atom. The zero-order valence-corrected chi connectivity index (χ0v) is 12.8. The molecule has 2 N–H and O–H groups in total.